The second-order valence-corrected chi connectivity index (χ2v) is 5.92. The van der Waals surface area contributed by atoms with E-state index in [4.69, 9.17) is 0 Å². The molecule has 2 heterocycles. The third kappa shape index (κ3) is 2.99. The van der Waals surface area contributed by atoms with E-state index in [1.807, 2.05) is 4.90 Å². The molecule has 19 heavy (non-hydrogen) atoms. The van der Waals surface area contributed by atoms with Crippen molar-refractivity contribution in [2.24, 2.45) is 5.92 Å². The van der Waals surface area contributed by atoms with E-state index < -0.39 is 0 Å². The summed E-state index contributed by atoms with van der Waals surface area (Å²) in [5, 5.41) is 0. The van der Waals surface area contributed by atoms with E-state index in [0.717, 1.165) is 38.0 Å². The van der Waals surface area contributed by atoms with Gasteiger partial charge in [-0.3, -0.25) is 4.79 Å². The molecule has 0 spiro atoms. The number of fused-ring (bicyclic) bond motifs is 1. The summed E-state index contributed by atoms with van der Waals surface area (Å²) < 4.78 is 0. The summed E-state index contributed by atoms with van der Waals surface area (Å²) >= 11 is 0. The first-order chi connectivity index (χ1) is 9.33. The molecule has 1 aliphatic heterocycles. The molecular formula is C15H23N3O. The molecule has 4 nitrogen and oxygen atoms in total. The van der Waals surface area contributed by atoms with Gasteiger partial charge in [-0.2, -0.15) is 0 Å². The van der Waals surface area contributed by atoms with Crippen LogP contribution in [0.15, 0.2) is 6.33 Å². The monoisotopic (exact) mass is 261 g/mol. The number of imidazole rings is 1. The summed E-state index contributed by atoms with van der Waals surface area (Å²) in [6.45, 7) is 1.68. The standard InChI is InChI=1S/C15H23N3O/c19-15(10-12-4-2-1-3-5-12)18-8-6-13-14(7-9-18)17-11-16-13/h11-12H,1-10H2,(H,16,17). The van der Waals surface area contributed by atoms with Crippen molar-refractivity contribution in [2.75, 3.05) is 13.1 Å². The number of hydrogen-bond donors (Lipinski definition) is 1. The maximum absolute atomic E-state index is 12.4. The lowest BCUT2D eigenvalue weighted by atomic mass is 9.86. The van der Waals surface area contributed by atoms with E-state index in [0.29, 0.717) is 11.8 Å². The van der Waals surface area contributed by atoms with Crippen molar-refractivity contribution in [2.45, 2.75) is 51.4 Å². The Balaban J connectivity index is 1.54. The third-order valence-electron chi connectivity index (χ3n) is 4.60. The van der Waals surface area contributed by atoms with E-state index in [1.165, 1.54) is 37.8 Å². The van der Waals surface area contributed by atoms with Crippen LogP contribution in [0.2, 0.25) is 0 Å². The number of rotatable bonds is 2. The molecule has 1 aliphatic carbocycles. The van der Waals surface area contributed by atoms with Gasteiger partial charge < -0.3 is 9.88 Å². The van der Waals surface area contributed by atoms with Gasteiger partial charge in [0.15, 0.2) is 0 Å². The normalized spacial score (nSPS) is 20.9. The van der Waals surface area contributed by atoms with E-state index in [9.17, 15) is 4.79 Å². The first kappa shape index (κ1) is 12.7. The quantitative estimate of drug-likeness (QED) is 0.888. The Labute approximate surface area is 114 Å². The summed E-state index contributed by atoms with van der Waals surface area (Å²) in [5.74, 6) is 0.998. The minimum atomic E-state index is 0.358. The van der Waals surface area contributed by atoms with Gasteiger partial charge in [-0.05, 0) is 18.8 Å². The largest absolute Gasteiger partial charge is 0.348 e. The molecule has 1 aromatic rings. The molecule has 3 rings (SSSR count). The number of carbonyl (C=O) groups excluding carboxylic acids is 1. The highest BCUT2D eigenvalue weighted by Crippen LogP contribution is 2.27. The maximum Gasteiger partial charge on any atom is 0.222 e. The molecule has 1 fully saturated rings. The van der Waals surface area contributed by atoms with Gasteiger partial charge in [-0.15, -0.1) is 0 Å². The molecule has 1 amide bonds. The van der Waals surface area contributed by atoms with Gasteiger partial charge in [-0.25, -0.2) is 4.98 Å². The van der Waals surface area contributed by atoms with Crippen molar-refractivity contribution in [1.82, 2.24) is 14.9 Å². The zero-order chi connectivity index (χ0) is 13.1. The van der Waals surface area contributed by atoms with Gasteiger partial charge in [0.2, 0.25) is 5.91 Å². The highest BCUT2D eigenvalue weighted by atomic mass is 16.2. The van der Waals surface area contributed by atoms with Crippen molar-refractivity contribution in [1.29, 1.82) is 0 Å². The van der Waals surface area contributed by atoms with Crippen molar-refractivity contribution in [3.8, 4) is 0 Å². The van der Waals surface area contributed by atoms with Crippen LogP contribution in [0.1, 0.15) is 49.9 Å². The lowest BCUT2D eigenvalue weighted by Crippen LogP contribution is -2.34. The van der Waals surface area contributed by atoms with Crippen LogP contribution in [0.3, 0.4) is 0 Å². The third-order valence-corrected chi connectivity index (χ3v) is 4.60. The predicted molar refractivity (Wildman–Crippen MR) is 73.8 cm³/mol. The average molecular weight is 261 g/mol. The lowest BCUT2D eigenvalue weighted by Gasteiger charge is -2.25. The van der Waals surface area contributed by atoms with Gasteiger partial charge in [0.25, 0.3) is 0 Å². The second-order valence-electron chi connectivity index (χ2n) is 5.92. The second kappa shape index (κ2) is 5.76. The van der Waals surface area contributed by atoms with Crippen LogP contribution in [0.5, 0.6) is 0 Å². The fourth-order valence-corrected chi connectivity index (χ4v) is 3.40. The Morgan fingerprint density at radius 2 is 2.05 bits per heavy atom. The number of nitrogens with zero attached hydrogens (tertiary/aromatic N) is 2. The summed E-state index contributed by atoms with van der Waals surface area (Å²) in [6, 6.07) is 0. The number of nitrogens with one attached hydrogen (secondary N) is 1. The Bertz CT molecular complexity index is 412. The molecule has 0 unspecified atom stereocenters. The average Bonchev–Trinajstić information content (AvgIpc) is 2.78. The summed E-state index contributed by atoms with van der Waals surface area (Å²) in [4.78, 5) is 22.0. The number of hydrogen-bond acceptors (Lipinski definition) is 2. The van der Waals surface area contributed by atoms with Crippen molar-refractivity contribution < 1.29 is 4.79 Å². The molecule has 0 aromatic carbocycles. The Kier molecular flexibility index (Phi) is 3.85. The molecule has 0 bridgehead atoms. The summed E-state index contributed by atoms with van der Waals surface area (Å²) in [6.07, 6.45) is 10.8. The Hall–Kier alpha value is -1.32. The van der Waals surface area contributed by atoms with Gasteiger partial charge in [-0.1, -0.05) is 19.3 Å². The Morgan fingerprint density at radius 1 is 1.26 bits per heavy atom. The van der Waals surface area contributed by atoms with Gasteiger partial charge >= 0.3 is 0 Å². The first-order valence-corrected chi connectivity index (χ1v) is 7.62. The van der Waals surface area contributed by atoms with Crippen molar-refractivity contribution in [3.63, 3.8) is 0 Å². The SMILES string of the molecule is O=C(CC1CCCCC1)N1CCc2nc[nH]c2CC1. The van der Waals surface area contributed by atoms with E-state index in [1.54, 1.807) is 6.33 Å². The predicted octanol–water partition coefficient (Wildman–Crippen LogP) is 2.31. The van der Waals surface area contributed by atoms with Gasteiger partial charge in [0, 0.05) is 38.0 Å². The lowest BCUT2D eigenvalue weighted by molar-refractivity contribution is -0.132. The highest BCUT2D eigenvalue weighted by molar-refractivity contribution is 5.76. The molecule has 1 saturated carbocycles. The summed E-state index contributed by atoms with van der Waals surface area (Å²) in [5.41, 5.74) is 2.36. The zero-order valence-corrected chi connectivity index (χ0v) is 11.5. The maximum atomic E-state index is 12.4. The topological polar surface area (TPSA) is 49.0 Å². The molecule has 2 aliphatic rings. The van der Waals surface area contributed by atoms with E-state index in [2.05, 4.69) is 9.97 Å². The van der Waals surface area contributed by atoms with Crippen LogP contribution in [0.4, 0.5) is 0 Å². The van der Waals surface area contributed by atoms with Crippen LogP contribution < -0.4 is 0 Å². The number of carbonyl (C=O) groups is 1. The number of aromatic amines is 1. The minimum absolute atomic E-state index is 0.358. The van der Waals surface area contributed by atoms with Crippen LogP contribution >= 0.6 is 0 Å². The molecule has 104 valence electrons. The molecule has 0 radical (unpaired) electrons. The highest BCUT2D eigenvalue weighted by Gasteiger charge is 2.23. The fourth-order valence-electron chi connectivity index (χ4n) is 3.40. The molecule has 1 aromatic heterocycles. The fraction of sp³-hybridized carbons (Fsp3) is 0.733. The molecular weight excluding hydrogens is 238 g/mol. The number of aromatic nitrogens is 2. The van der Waals surface area contributed by atoms with Gasteiger partial charge in [0.1, 0.15) is 0 Å². The molecule has 0 atom stereocenters. The van der Waals surface area contributed by atoms with Crippen LogP contribution in [0, 0.1) is 5.92 Å². The Morgan fingerprint density at radius 3 is 2.89 bits per heavy atom. The van der Waals surface area contributed by atoms with Gasteiger partial charge in [0.05, 0.1) is 12.0 Å². The smallest absolute Gasteiger partial charge is 0.222 e. The van der Waals surface area contributed by atoms with E-state index >= 15 is 0 Å². The number of H-pyrrole nitrogens is 1. The minimum Gasteiger partial charge on any atom is -0.348 e. The molecule has 0 saturated heterocycles. The van der Waals surface area contributed by atoms with Crippen molar-refractivity contribution in [3.05, 3.63) is 17.7 Å². The molecule has 1 N–H and O–H groups in total. The first-order valence-electron chi connectivity index (χ1n) is 7.62. The summed E-state index contributed by atoms with van der Waals surface area (Å²) in [7, 11) is 0. The van der Waals surface area contributed by atoms with Crippen LogP contribution in [0.25, 0.3) is 0 Å². The zero-order valence-electron chi connectivity index (χ0n) is 11.5. The molecule has 4 heteroatoms. The number of amides is 1. The van der Waals surface area contributed by atoms with Crippen molar-refractivity contribution >= 4 is 5.91 Å². The van der Waals surface area contributed by atoms with E-state index in [-0.39, 0.29) is 0 Å². The van der Waals surface area contributed by atoms with Crippen LogP contribution in [-0.4, -0.2) is 33.9 Å². The van der Waals surface area contributed by atoms with Crippen LogP contribution in [-0.2, 0) is 17.6 Å².